The summed E-state index contributed by atoms with van der Waals surface area (Å²) in [5.41, 5.74) is 0.568. The predicted octanol–water partition coefficient (Wildman–Crippen LogP) is 1.46. The van der Waals surface area contributed by atoms with Gasteiger partial charge in [0.2, 0.25) is 5.91 Å². The number of anilines is 1. The first-order chi connectivity index (χ1) is 10.6. The summed E-state index contributed by atoms with van der Waals surface area (Å²) in [6, 6.07) is 3.01. The number of rotatable bonds is 3. The molecule has 1 aromatic carbocycles. The highest BCUT2D eigenvalue weighted by Crippen LogP contribution is 2.37. The molecule has 0 saturated carbocycles. The van der Waals surface area contributed by atoms with Crippen molar-refractivity contribution in [3.8, 4) is 11.5 Å². The fourth-order valence-corrected chi connectivity index (χ4v) is 2.52. The number of ether oxygens (including phenoxy) is 2. The maximum Gasteiger partial charge on any atom is 0.324 e. The smallest absolute Gasteiger partial charge is 0.324 e. The van der Waals surface area contributed by atoms with Crippen molar-refractivity contribution in [3.05, 3.63) is 17.2 Å². The van der Waals surface area contributed by atoms with Gasteiger partial charge in [-0.3, -0.25) is 9.69 Å². The van der Waals surface area contributed by atoms with Gasteiger partial charge in [-0.2, -0.15) is 0 Å². The minimum Gasteiger partial charge on any atom is -0.490 e. The average molecular weight is 326 g/mol. The molecule has 0 aliphatic carbocycles. The molecule has 22 heavy (non-hydrogen) atoms. The first kappa shape index (κ1) is 14.8. The summed E-state index contributed by atoms with van der Waals surface area (Å²) in [6.45, 7) is 2.00. The lowest BCUT2D eigenvalue weighted by molar-refractivity contribution is -0.125. The van der Waals surface area contributed by atoms with Crippen LogP contribution in [0.25, 0.3) is 0 Å². The molecule has 118 valence electrons. The standard InChI is InChI=1S/C14H16ClN3O4/c15-9-6-11-12(22-5-1-4-21-11)7-10(9)17-8-13(19)18-3-2-16-14(18)20/h6-7,17H,1-5,8H2,(H,16,20). The van der Waals surface area contributed by atoms with Crippen molar-refractivity contribution in [2.45, 2.75) is 6.42 Å². The zero-order valence-corrected chi connectivity index (χ0v) is 12.6. The van der Waals surface area contributed by atoms with E-state index in [4.69, 9.17) is 21.1 Å². The molecule has 3 amide bonds. The number of benzene rings is 1. The molecule has 1 saturated heterocycles. The number of hydrogen-bond acceptors (Lipinski definition) is 5. The highest BCUT2D eigenvalue weighted by molar-refractivity contribution is 6.33. The Morgan fingerprint density at radius 3 is 2.73 bits per heavy atom. The molecule has 0 aromatic heterocycles. The van der Waals surface area contributed by atoms with Gasteiger partial charge in [0.05, 0.1) is 30.5 Å². The van der Waals surface area contributed by atoms with Gasteiger partial charge in [-0.05, 0) is 0 Å². The van der Waals surface area contributed by atoms with Crippen LogP contribution in [0.4, 0.5) is 10.5 Å². The summed E-state index contributed by atoms with van der Waals surface area (Å²) in [7, 11) is 0. The zero-order valence-electron chi connectivity index (χ0n) is 11.9. The van der Waals surface area contributed by atoms with Crippen LogP contribution >= 0.6 is 11.6 Å². The highest BCUT2D eigenvalue weighted by atomic mass is 35.5. The van der Waals surface area contributed by atoms with Gasteiger partial charge in [-0.1, -0.05) is 11.6 Å². The van der Waals surface area contributed by atoms with Gasteiger partial charge in [-0.15, -0.1) is 0 Å². The third-order valence-corrected chi connectivity index (χ3v) is 3.74. The Morgan fingerprint density at radius 1 is 1.32 bits per heavy atom. The van der Waals surface area contributed by atoms with Gasteiger partial charge in [0.1, 0.15) is 0 Å². The largest absolute Gasteiger partial charge is 0.490 e. The normalized spacial score (nSPS) is 17.0. The molecule has 0 spiro atoms. The second-order valence-corrected chi connectivity index (χ2v) is 5.37. The van der Waals surface area contributed by atoms with Gasteiger partial charge in [-0.25, -0.2) is 4.79 Å². The summed E-state index contributed by atoms with van der Waals surface area (Å²) in [6.07, 6.45) is 0.803. The fourth-order valence-electron chi connectivity index (χ4n) is 2.30. The van der Waals surface area contributed by atoms with E-state index in [1.165, 1.54) is 4.90 Å². The number of hydrogen-bond donors (Lipinski definition) is 2. The highest BCUT2D eigenvalue weighted by Gasteiger charge is 2.25. The van der Waals surface area contributed by atoms with Crippen LogP contribution < -0.4 is 20.1 Å². The Labute approximate surface area is 132 Å². The van der Waals surface area contributed by atoms with Gasteiger partial charge >= 0.3 is 6.03 Å². The van der Waals surface area contributed by atoms with Crippen molar-refractivity contribution in [2.24, 2.45) is 0 Å². The average Bonchev–Trinajstić information content (AvgIpc) is 2.80. The second-order valence-electron chi connectivity index (χ2n) is 4.96. The zero-order chi connectivity index (χ0) is 15.5. The van der Waals surface area contributed by atoms with Crippen LogP contribution in [-0.2, 0) is 4.79 Å². The lowest BCUT2D eigenvalue weighted by Gasteiger charge is -2.15. The number of nitrogens with one attached hydrogen (secondary N) is 2. The third kappa shape index (κ3) is 3.04. The summed E-state index contributed by atoms with van der Waals surface area (Å²) in [5, 5.41) is 5.96. The van der Waals surface area contributed by atoms with E-state index in [1.54, 1.807) is 12.1 Å². The number of imide groups is 1. The first-order valence-corrected chi connectivity index (χ1v) is 7.44. The van der Waals surface area contributed by atoms with Crippen LogP contribution in [-0.4, -0.2) is 49.7 Å². The van der Waals surface area contributed by atoms with E-state index in [9.17, 15) is 9.59 Å². The van der Waals surface area contributed by atoms with Crippen molar-refractivity contribution < 1.29 is 19.1 Å². The van der Waals surface area contributed by atoms with Crippen LogP contribution in [0.2, 0.25) is 5.02 Å². The van der Waals surface area contributed by atoms with Crippen molar-refractivity contribution in [2.75, 3.05) is 38.2 Å². The molecule has 2 heterocycles. The maximum atomic E-state index is 12.0. The molecule has 7 nitrogen and oxygen atoms in total. The molecule has 1 aromatic rings. The summed E-state index contributed by atoms with van der Waals surface area (Å²) >= 11 is 6.18. The van der Waals surface area contributed by atoms with Crippen molar-refractivity contribution in [1.82, 2.24) is 10.2 Å². The SMILES string of the molecule is O=C(CNc1cc2c(cc1Cl)OCCCO2)N1CCNC1=O. The van der Waals surface area contributed by atoms with Crippen LogP contribution in [0.15, 0.2) is 12.1 Å². The predicted molar refractivity (Wildman–Crippen MR) is 80.7 cm³/mol. The number of fused-ring (bicyclic) bond motifs is 1. The summed E-state index contributed by atoms with van der Waals surface area (Å²) < 4.78 is 11.1. The Balaban J connectivity index is 1.68. The first-order valence-electron chi connectivity index (χ1n) is 7.06. The number of urea groups is 1. The van der Waals surface area contributed by atoms with E-state index < -0.39 is 0 Å². The summed E-state index contributed by atoms with van der Waals surface area (Å²) in [5.74, 6) is 0.882. The molecule has 2 aliphatic heterocycles. The number of carbonyl (C=O) groups excluding carboxylic acids is 2. The van der Waals surface area contributed by atoms with Gasteiger partial charge in [0.15, 0.2) is 11.5 Å². The van der Waals surface area contributed by atoms with Crippen LogP contribution in [0.3, 0.4) is 0 Å². The maximum absolute atomic E-state index is 12.0. The number of halogens is 1. The Morgan fingerprint density at radius 2 is 2.05 bits per heavy atom. The van der Waals surface area contributed by atoms with E-state index in [-0.39, 0.29) is 18.5 Å². The lowest BCUT2D eigenvalue weighted by atomic mass is 10.2. The molecular formula is C14H16ClN3O4. The minimum absolute atomic E-state index is 0.0210. The number of amides is 3. The van der Waals surface area contributed by atoms with Crippen molar-refractivity contribution in [1.29, 1.82) is 0 Å². The molecule has 3 rings (SSSR count). The third-order valence-electron chi connectivity index (χ3n) is 3.43. The molecule has 8 heteroatoms. The molecule has 0 bridgehead atoms. The number of carbonyl (C=O) groups is 2. The monoisotopic (exact) mass is 325 g/mol. The molecule has 2 N–H and O–H groups in total. The van der Waals surface area contributed by atoms with E-state index in [1.807, 2.05) is 0 Å². The fraction of sp³-hybridized carbons (Fsp3) is 0.429. The van der Waals surface area contributed by atoms with E-state index in [0.29, 0.717) is 48.5 Å². The van der Waals surface area contributed by atoms with E-state index >= 15 is 0 Å². The minimum atomic E-state index is -0.364. The topological polar surface area (TPSA) is 79.9 Å². The molecule has 0 unspecified atom stereocenters. The van der Waals surface area contributed by atoms with Gasteiger partial charge in [0.25, 0.3) is 0 Å². The molecule has 0 radical (unpaired) electrons. The molecule has 0 atom stereocenters. The number of nitrogens with zero attached hydrogens (tertiary/aromatic N) is 1. The quantitative estimate of drug-likeness (QED) is 0.879. The lowest BCUT2D eigenvalue weighted by Crippen LogP contribution is -2.38. The Kier molecular flexibility index (Phi) is 4.24. The van der Waals surface area contributed by atoms with Crippen molar-refractivity contribution >= 4 is 29.2 Å². The van der Waals surface area contributed by atoms with Crippen LogP contribution in [0.1, 0.15) is 6.42 Å². The molecule has 1 fully saturated rings. The Hall–Kier alpha value is -2.15. The van der Waals surface area contributed by atoms with Crippen molar-refractivity contribution in [3.63, 3.8) is 0 Å². The van der Waals surface area contributed by atoms with E-state index in [2.05, 4.69) is 10.6 Å². The second kappa shape index (κ2) is 6.31. The van der Waals surface area contributed by atoms with E-state index in [0.717, 1.165) is 6.42 Å². The Bertz CT molecular complexity index is 608. The van der Waals surface area contributed by atoms with Crippen LogP contribution in [0.5, 0.6) is 11.5 Å². The molecular weight excluding hydrogens is 310 g/mol. The summed E-state index contributed by atoms with van der Waals surface area (Å²) in [4.78, 5) is 24.6. The molecule has 2 aliphatic rings. The van der Waals surface area contributed by atoms with Gasteiger partial charge < -0.3 is 20.1 Å². The van der Waals surface area contributed by atoms with Crippen LogP contribution in [0, 0.1) is 0 Å². The van der Waals surface area contributed by atoms with Gasteiger partial charge in [0, 0.05) is 31.6 Å².